The van der Waals surface area contributed by atoms with Crippen molar-refractivity contribution in [3.63, 3.8) is 0 Å². The number of hydrogen-bond acceptors (Lipinski definition) is 6. The number of fused-ring (bicyclic) bond motifs is 2. The third-order valence-corrected chi connectivity index (χ3v) is 6.17. The maximum Gasteiger partial charge on any atom is 0.233 e. The third kappa shape index (κ3) is 3.04. The molecule has 5 rings (SSSR count). The van der Waals surface area contributed by atoms with Crippen molar-refractivity contribution in [2.24, 2.45) is 0 Å². The zero-order valence-corrected chi connectivity index (χ0v) is 16.7. The van der Waals surface area contributed by atoms with Crippen LogP contribution < -0.4 is 4.74 Å². The molecule has 0 spiro atoms. The third-order valence-electron chi connectivity index (χ3n) is 6.17. The molecular weight excluding hydrogens is 385 g/mol. The molecule has 0 saturated carbocycles. The van der Waals surface area contributed by atoms with Crippen molar-refractivity contribution in [1.29, 1.82) is 0 Å². The number of benzene rings is 1. The molecule has 8 heteroatoms. The van der Waals surface area contributed by atoms with Crippen molar-refractivity contribution < 1.29 is 14.2 Å². The van der Waals surface area contributed by atoms with Gasteiger partial charge in [-0.05, 0) is 32.2 Å². The van der Waals surface area contributed by atoms with Crippen LogP contribution in [0.3, 0.4) is 0 Å². The standard InChI is InChI=1S/C22H22FN5O2/c1-22-8-7-17(27(22)2)21(23)19(12-22)30-20-6-5-16(25-26-20)15-4-3-14(11-18(15)29)28-10-9-24-13-28/h3-11,13,17,19,21,29H,12H2,1-2H3/t17-,19+,21+,22+/m1/s1. The van der Waals surface area contributed by atoms with E-state index in [9.17, 15) is 9.50 Å². The molecule has 2 aliphatic heterocycles. The lowest BCUT2D eigenvalue weighted by Crippen LogP contribution is -2.58. The molecular formula is C22H22FN5O2. The topological polar surface area (TPSA) is 76.3 Å². The van der Waals surface area contributed by atoms with Gasteiger partial charge in [0.05, 0.1) is 23.8 Å². The lowest BCUT2D eigenvalue weighted by molar-refractivity contribution is -0.0365. The fourth-order valence-electron chi connectivity index (χ4n) is 4.26. The van der Waals surface area contributed by atoms with Gasteiger partial charge in [-0.3, -0.25) is 4.90 Å². The molecule has 1 N–H and O–H groups in total. The Hall–Kier alpha value is -3.26. The summed E-state index contributed by atoms with van der Waals surface area (Å²) in [5, 5.41) is 18.7. The molecule has 2 aliphatic rings. The first-order valence-electron chi connectivity index (χ1n) is 9.83. The van der Waals surface area contributed by atoms with Crippen LogP contribution in [-0.4, -0.2) is 60.7 Å². The number of aromatic hydroxyl groups is 1. The van der Waals surface area contributed by atoms with Crippen molar-refractivity contribution in [2.75, 3.05) is 7.05 Å². The lowest BCUT2D eigenvalue weighted by Gasteiger charge is -2.45. The minimum absolute atomic E-state index is 0.0823. The highest BCUT2D eigenvalue weighted by Crippen LogP contribution is 2.40. The molecule has 7 nitrogen and oxygen atoms in total. The molecule has 4 atom stereocenters. The molecule has 3 aromatic rings. The number of piperidine rings is 1. The minimum Gasteiger partial charge on any atom is -0.507 e. The molecule has 1 fully saturated rings. The van der Waals surface area contributed by atoms with Gasteiger partial charge < -0.3 is 14.4 Å². The van der Waals surface area contributed by atoms with E-state index in [4.69, 9.17) is 4.74 Å². The maximum absolute atomic E-state index is 14.9. The minimum atomic E-state index is -1.14. The van der Waals surface area contributed by atoms with Crippen LogP contribution in [-0.2, 0) is 0 Å². The van der Waals surface area contributed by atoms with Crippen LogP contribution in [0.1, 0.15) is 13.3 Å². The van der Waals surface area contributed by atoms with Crippen LogP contribution in [0, 0.1) is 0 Å². The van der Waals surface area contributed by atoms with Crippen LogP contribution in [0.25, 0.3) is 16.9 Å². The van der Waals surface area contributed by atoms with Crippen LogP contribution in [0.15, 0.2) is 61.2 Å². The van der Waals surface area contributed by atoms with E-state index in [1.807, 2.05) is 24.1 Å². The number of imidazole rings is 1. The summed E-state index contributed by atoms with van der Waals surface area (Å²) in [6.45, 7) is 2.08. The Kier molecular flexibility index (Phi) is 4.32. The molecule has 0 aliphatic carbocycles. The Morgan fingerprint density at radius 1 is 1.23 bits per heavy atom. The number of aromatic nitrogens is 4. The summed E-state index contributed by atoms with van der Waals surface area (Å²) in [6, 6.07) is 8.36. The summed E-state index contributed by atoms with van der Waals surface area (Å²) in [6.07, 6.45) is 7.91. The second-order valence-corrected chi connectivity index (χ2v) is 8.05. The SMILES string of the molecule is CN1[C@@H]2C=C[C@@]1(C)C[C@H](Oc1ccc(-c3ccc(-n4ccnc4)cc3O)nn1)[C@H]2F. The molecule has 154 valence electrons. The van der Waals surface area contributed by atoms with Crippen molar-refractivity contribution in [3.8, 4) is 28.6 Å². The van der Waals surface area contributed by atoms with Crippen LogP contribution in [0.5, 0.6) is 11.6 Å². The first-order valence-corrected chi connectivity index (χ1v) is 9.83. The van der Waals surface area contributed by atoms with Gasteiger partial charge in [-0.2, -0.15) is 0 Å². The largest absolute Gasteiger partial charge is 0.507 e. The zero-order chi connectivity index (χ0) is 20.9. The number of halogens is 1. The predicted octanol–water partition coefficient (Wildman–Crippen LogP) is 3.15. The summed E-state index contributed by atoms with van der Waals surface area (Å²) in [5.41, 5.74) is 1.63. The fraction of sp³-hybridized carbons (Fsp3) is 0.318. The summed E-state index contributed by atoms with van der Waals surface area (Å²) in [5.74, 6) is 0.354. The molecule has 2 bridgehead atoms. The van der Waals surface area contributed by atoms with Crippen LogP contribution in [0.4, 0.5) is 4.39 Å². The van der Waals surface area contributed by atoms with E-state index in [2.05, 4.69) is 28.2 Å². The lowest BCUT2D eigenvalue weighted by atomic mass is 9.88. The monoisotopic (exact) mass is 407 g/mol. The number of ether oxygens (including phenoxy) is 1. The van der Waals surface area contributed by atoms with Crippen molar-refractivity contribution in [1.82, 2.24) is 24.6 Å². The van der Waals surface area contributed by atoms with Gasteiger partial charge in [-0.15, -0.1) is 10.2 Å². The fourth-order valence-corrected chi connectivity index (χ4v) is 4.26. The quantitative estimate of drug-likeness (QED) is 0.670. The van der Waals surface area contributed by atoms with Gasteiger partial charge >= 0.3 is 0 Å². The van der Waals surface area contributed by atoms with E-state index in [-0.39, 0.29) is 23.2 Å². The Bertz CT molecular complexity index is 1090. The molecule has 30 heavy (non-hydrogen) atoms. The van der Waals surface area contributed by atoms with Crippen LogP contribution >= 0.6 is 0 Å². The number of alkyl halides is 1. The Morgan fingerprint density at radius 3 is 2.80 bits per heavy atom. The molecule has 2 aromatic heterocycles. The van der Waals surface area contributed by atoms with E-state index in [0.717, 1.165) is 5.69 Å². The summed E-state index contributed by atoms with van der Waals surface area (Å²) < 4.78 is 22.5. The Labute approximate surface area is 173 Å². The van der Waals surface area contributed by atoms with Crippen molar-refractivity contribution in [3.05, 3.63) is 61.2 Å². The summed E-state index contributed by atoms with van der Waals surface area (Å²) in [4.78, 5) is 6.05. The Balaban J connectivity index is 1.33. The maximum atomic E-state index is 14.9. The number of phenolic OH excluding ortho intramolecular Hbond substituents is 1. The van der Waals surface area contributed by atoms with Crippen molar-refractivity contribution >= 4 is 0 Å². The average Bonchev–Trinajstić information content (AvgIpc) is 3.34. The second-order valence-electron chi connectivity index (χ2n) is 8.05. The van der Waals surface area contributed by atoms with Gasteiger partial charge in [0.25, 0.3) is 0 Å². The van der Waals surface area contributed by atoms with Gasteiger partial charge in [0, 0.05) is 42.0 Å². The van der Waals surface area contributed by atoms with Gasteiger partial charge in [-0.1, -0.05) is 12.2 Å². The molecule has 0 radical (unpaired) electrons. The second kappa shape index (κ2) is 6.91. The van der Waals surface area contributed by atoms with Crippen molar-refractivity contribution in [2.45, 2.75) is 37.2 Å². The highest BCUT2D eigenvalue weighted by Gasteiger charge is 2.50. The molecule has 4 heterocycles. The number of rotatable bonds is 4. The highest BCUT2D eigenvalue weighted by molar-refractivity contribution is 5.68. The molecule has 1 aromatic carbocycles. The number of likely N-dealkylation sites (N-methyl/N-ethyl adjacent to an activating group) is 1. The van der Waals surface area contributed by atoms with E-state index < -0.39 is 12.3 Å². The normalized spacial score (nSPS) is 28.0. The van der Waals surface area contributed by atoms with E-state index in [1.165, 1.54) is 0 Å². The molecule has 1 saturated heterocycles. The molecule has 0 amide bonds. The molecule has 0 unspecified atom stereocenters. The van der Waals surface area contributed by atoms with E-state index >= 15 is 0 Å². The number of phenols is 1. The van der Waals surface area contributed by atoms with Crippen LogP contribution in [0.2, 0.25) is 0 Å². The van der Waals surface area contributed by atoms with E-state index in [0.29, 0.717) is 17.7 Å². The summed E-state index contributed by atoms with van der Waals surface area (Å²) >= 11 is 0. The predicted molar refractivity (Wildman–Crippen MR) is 109 cm³/mol. The van der Waals surface area contributed by atoms with Gasteiger partial charge in [0.15, 0.2) is 6.17 Å². The van der Waals surface area contributed by atoms with Gasteiger partial charge in [0.2, 0.25) is 5.88 Å². The average molecular weight is 407 g/mol. The highest BCUT2D eigenvalue weighted by atomic mass is 19.1. The first kappa shape index (κ1) is 18.7. The number of nitrogens with zero attached hydrogens (tertiary/aromatic N) is 5. The smallest absolute Gasteiger partial charge is 0.233 e. The number of hydrogen-bond donors (Lipinski definition) is 1. The Morgan fingerprint density at radius 2 is 2.10 bits per heavy atom. The van der Waals surface area contributed by atoms with E-state index in [1.54, 1.807) is 47.6 Å². The van der Waals surface area contributed by atoms with Gasteiger partial charge in [-0.25, -0.2) is 9.37 Å². The first-order chi connectivity index (χ1) is 14.4. The van der Waals surface area contributed by atoms with Gasteiger partial charge in [0.1, 0.15) is 11.9 Å². The summed E-state index contributed by atoms with van der Waals surface area (Å²) in [7, 11) is 1.94. The zero-order valence-electron chi connectivity index (χ0n) is 16.7.